The summed E-state index contributed by atoms with van der Waals surface area (Å²) in [6.07, 6.45) is -4.31. The van der Waals surface area contributed by atoms with Crippen molar-refractivity contribution in [2.45, 2.75) is 6.18 Å². The molecule has 18 heavy (non-hydrogen) atoms. The molecule has 0 spiro atoms. The first-order chi connectivity index (χ1) is 8.42. The Hall–Kier alpha value is -1.94. The average molecular weight is 259 g/mol. The SMILES string of the molecule is N#Cc1ccc(NCCOCC(F)(F)F)c(N)c1. The van der Waals surface area contributed by atoms with Gasteiger partial charge in [0.1, 0.15) is 6.61 Å². The number of ether oxygens (including phenoxy) is 1. The number of nitrogen functional groups attached to an aromatic ring is 1. The highest BCUT2D eigenvalue weighted by Crippen LogP contribution is 2.19. The Morgan fingerprint density at radius 2 is 2.11 bits per heavy atom. The summed E-state index contributed by atoms with van der Waals surface area (Å²) >= 11 is 0. The predicted molar refractivity (Wildman–Crippen MR) is 60.9 cm³/mol. The monoisotopic (exact) mass is 259 g/mol. The molecule has 0 unspecified atom stereocenters. The first-order valence-electron chi connectivity index (χ1n) is 5.10. The van der Waals surface area contributed by atoms with Gasteiger partial charge >= 0.3 is 6.18 Å². The zero-order valence-electron chi connectivity index (χ0n) is 9.42. The van der Waals surface area contributed by atoms with Crippen LogP contribution in [-0.4, -0.2) is 25.9 Å². The van der Waals surface area contributed by atoms with Crippen molar-refractivity contribution >= 4 is 11.4 Å². The minimum absolute atomic E-state index is 0.0844. The van der Waals surface area contributed by atoms with Crippen molar-refractivity contribution in [3.05, 3.63) is 23.8 Å². The zero-order valence-corrected chi connectivity index (χ0v) is 9.42. The second-order valence-corrected chi connectivity index (χ2v) is 3.51. The summed E-state index contributed by atoms with van der Waals surface area (Å²) in [5.74, 6) is 0. The lowest BCUT2D eigenvalue weighted by Crippen LogP contribution is -2.20. The van der Waals surface area contributed by atoms with Crippen LogP contribution in [0.4, 0.5) is 24.5 Å². The number of nitrogens with zero attached hydrogens (tertiary/aromatic N) is 1. The maximum absolute atomic E-state index is 11.8. The molecule has 7 heteroatoms. The quantitative estimate of drug-likeness (QED) is 0.627. The van der Waals surface area contributed by atoms with Crippen molar-refractivity contribution < 1.29 is 17.9 Å². The van der Waals surface area contributed by atoms with E-state index in [0.29, 0.717) is 16.9 Å². The van der Waals surface area contributed by atoms with Crippen molar-refractivity contribution in [2.75, 3.05) is 30.8 Å². The number of halogens is 3. The number of rotatable bonds is 5. The topological polar surface area (TPSA) is 71.1 Å². The molecule has 0 radical (unpaired) electrons. The van der Waals surface area contributed by atoms with Gasteiger partial charge in [-0.25, -0.2) is 0 Å². The average Bonchev–Trinajstić information content (AvgIpc) is 2.29. The summed E-state index contributed by atoms with van der Waals surface area (Å²) in [6.45, 7) is -1.15. The summed E-state index contributed by atoms with van der Waals surface area (Å²) in [6, 6.07) is 6.58. The molecule has 98 valence electrons. The Morgan fingerprint density at radius 3 is 2.67 bits per heavy atom. The smallest absolute Gasteiger partial charge is 0.397 e. The molecule has 1 rings (SSSR count). The standard InChI is InChI=1S/C11H12F3N3O/c12-11(13,14)7-18-4-3-17-10-2-1-8(6-15)5-9(10)16/h1-2,5,17H,3-4,7,16H2. The molecule has 0 aliphatic rings. The van der Waals surface area contributed by atoms with Gasteiger partial charge in [-0.15, -0.1) is 0 Å². The number of hydrogen-bond acceptors (Lipinski definition) is 4. The molecule has 1 aromatic rings. The van der Waals surface area contributed by atoms with Crippen LogP contribution >= 0.6 is 0 Å². The van der Waals surface area contributed by atoms with Gasteiger partial charge in [0.15, 0.2) is 0 Å². The fraction of sp³-hybridized carbons (Fsp3) is 0.364. The number of benzene rings is 1. The number of nitrogens with one attached hydrogen (secondary N) is 1. The minimum atomic E-state index is -4.31. The van der Waals surface area contributed by atoms with Gasteiger partial charge in [0, 0.05) is 6.54 Å². The van der Waals surface area contributed by atoms with Crippen molar-refractivity contribution in [3.8, 4) is 6.07 Å². The largest absolute Gasteiger partial charge is 0.411 e. The van der Waals surface area contributed by atoms with E-state index < -0.39 is 12.8 Å². The number of nitriles is 1. The second-order valence-electron chi connectivity index (χ2n) is 3.51. The van der Waals surface area contributed by atoms with Crippen LogP contribution in [0.3, 0.4) is 0 Å². The zero-order chi connectivity index (χ0) is 13.6. The number of nitrogens with two attached hydrogens (primary N) is 1. The van der Waals surface area contributed by atoms with Gasteiger partial charge in [0.05, 0.1) is 29.6 Å². The van der Waals surface area contributed by atoms with Gasteiger partial charge in [-0.2, -0.15) is 18.4 Å². The second kappa shape index (κ2) is 6.12. The van der Waals surface area contributed by atoms with Crippen LogP contribution in [0.25, 0.3) is 0 Å². The van der Waals surface area contributed by atoms with E-state index in [-0.39, 0.29) is 13.2 Å². The van der Waals surface area contributed by atoms with Crippen LogP contribution in [0, 0.1) is 11.3 Å². The van der Waals surface area contributed by atoms with E-state index in [0.717, 1.165) is 0 Å². The maximum Gasteiger partial charge on any atom is 0.411 e. The van der Waals surface area contributed by atoms with Crippen molar-refractivity contribution in [3.63, 3.8) is 0 Å². The van der Waals surface area contributed by atoms with Crippen LogP contribution in [0.1, 0.15) is 5.56 Å². The van der Waals surface area contributed by atoms with Crippen LogP contribution in [-0.2, 0) is 4.74 Å². The molecule has 4 nitrogen and oxygen atoms in total. The summed E-state index contributed by atoms with van der Waals surface area (Å²) in [5, 5.41) is 11.4. The maximum atomic E-state index is 11.8. The molecule has 0 bridgehead atoms. The molecular formula is C11H12F3N3O. The van der Waals surface area contributed by atoms with Crippen LogP contribution in [0.2, 0.25) is 0 Å². The third-order valence-corrected chi connectivity index (χ3v) is 2.01. The van der Waals surface area contributed by atoms with Crippen molar-refractivity contribution in [1.82, 2.24) is 0 Å². The van der Waals surface area contributed by atoms with Gasteiger partial charge in [-0.05, 0) is 18.2 Å². The third-order valence-electron chi connectivity index (χ3n) is 2.01. The summed E-state index contributed by atoms with van der Waals surface area (Å²) < 4.78 is 39.7. The molecule has 0 fully saturated rings. The highest BCUT2D eigenvalue weighted by atomic mass is 19.4. The Bertz CT molecular complexity index is 440. The summed E-state index contributed by atoms with van der Waals surface area (Å²) in [4.78, 5) is 0. The molecule has 1 aromatic carbocycles. The lowest BCUT2D eigenvalue weighted by atomic mass is 10.2. The Kier molecular flexibility index (Phi) is 4.80. The molecular weight excluding hydrogens is 247 g/mol. The van der Waals surface area contributed by atoms with E-state index in [2.05, 4.69) is 10.1 Å². The van der Waals surface area contributed by atoms with E-state index in [1.807, 2.05) is 6.07 Å². The molecule has 0 aliphatic carbocycles. The molecule has 0 atom stereocenters. The van der Waals surface area contributed by atoms with Crippen molar-refractivity contribution in [2.24, 2.45) is 0 Å². The fourth-order valence-electron chi connectivity index (χ4n) is 1.24. The number of hydrogen-bond donors (Lipinski definition) is 2. The molecule has 0 aromatic heterocycles. The van der Waals surface area contributed by atoms with Gasteiger partial charge in [0.25, 0.3) is 0 Å². The van der Waals surface area contributed by atoms with Gasteiger partial charge < -0.3 is 15.8 Å². The number of alkyl halides is 3. The molecule has 0 saturated heterocycles. The molecule has 0 saturated carbocycles. The lowest BCUT2D eigenvalue weighted by Gasteiger charge is -2.11. The predicted octanol–water partition coefficient (Wildman–Crippen LogP) is 2.13. The van der Waals surface area contributed by atoms with E-state index in [1.165, 1.54) is 6.07 Å². The summed E-state index contributed by atoms with van der Waals surface area (Å²) in [5.41, 5.74) is 6.99. The highest BCUT2D eigenvalue weighted by Gasteiger charge is 2.27. The minimum Gasteiger partial charge on any atom is -0.397 e. The fourth-order valence-corrected chi connectivity index (χ4v) is 1.24. The van der Waals surface area contributed by atoms with Gasteiger partial charge in [-0.1, -0.05) is 0 Å². The number of anilines is 2. The molecule has 0 amide bonds. The third kappa shape index (κ3) is 4.93. The lowest BCUT2D eigenvalue weighted by molar-refractivity contribution is -0.172. The highest BCUT2D eigenvalue weighted by molar-refractivity contribution is 5.68. The summed E-state index contributed by atoms with van der Waals surface area (Å²) in [7, 11) is 0. The normalized spacial score (nSPS) is 11.0. The van der Waals surface area contributed by atoms with Crippen molar-refractivity contribution in [1.29, 1.82) is 5.26 Å². The molecule has 3 N–H and O–H groups in total. The van der Waals surface area contributed by atoms with E-state index in [4.69, 9.17) is 11.0 Å². The van der Waals surface area contributed by atoms with E-state index in [9.17, 15) is 13.2 Å². The first kappa shape index (κ1) is 14.1. The first-order valence-corrected chi connectivity index (χ1v) is 5.10. The van der Waals surface area contributed by atoms with Crippen LogP contribution in [0.15, 0.2) is 18.2 Å². The van der Waals surface area contributed by atoms with Crippen LogP contribution in [0.5, 0.6) is 0 Å². The Labute approximate surface area is 102 Å². The molecule has 0 aliphatic heterocycles. The molecule has 0 heterocycles. The van der Waals surface area contributed by atoms with Gasteiger partial charge in [-0.3, -0.25) is 0 Å². The van der Waals surface area contributed by atoms with E-state index in [1.54, 1.807) is 12.1 Å². The Balaban J connectivity index is 2.34. The van der Waals surface area contributed by atoms with Gasteiger partial charge in [0.2, 0.25) is 0 Å². The van der Waals surface area contributed by atoms with Crippen LogP contribution < -0.4 is 11.1 Å². The Morgan fingerprint density at radius 1 is 1.39 bits per heavy atom. The van der Waals surface area contributed by atoms with E-state index >= 15 is 0 Å².